The molecule has 22 heavy (non-hydrogen) atoms. The van der Waals surface area contributed by atoms with Crippen molar-refractivity contribution in [2.75, 3.05) is 0 Å². The Labute approximate surface area is 148 Å². The zero-order chi connectivity index (χ0) is 16.7. The molecule has 0 atom stereocenters. The molecule has 2 rings (SSSR count). The average molecular weight is 372 g/mol. The van der Waals surface area contributed by atoms with Crippen molar-refractivity contribution in [2.24, 2.45) is 0 Å². The molecule has 0 aliphatic heterocycles. The molecule has 0 heterocycles. The smallest absolute Gasteiger partial charge is 0.0776 e. The van der Waals surface area contributed by atoms with Gasteiger partial charge in [0.25, 0.3) is 0 Å². The van der Waals surface area contributed by atoms with Crippen LogP contribution in [0.2, 0.25) is 39.3 Å². The standard InChI is InChI=1S/C18H28Cl2Si2/c1-21(2,3)17-11-9-15(19)13(17)7-8-14-16(20)10-12-18(14)22(4,5)6/h11-12H,7-10H2,1-6H3. The van der Waals surface area contributed by atoms with Gasteiger partial charge in [-0.1, -0.05) is 85.0 Å². The lowest BCUT2D eigenvalue weighted by Gasteiger charge is -2.24. The maximum absolute atomic E-state index is 6.52. The number of halogens is 2. The Morgan fingerprint density at radius 2 is 1.05 bits per heavy atom. The summed E-state index contributed by atoms with van der Waals surface area (Å²) in [6.45, 7) is 14.4. The van der Waals surface area contributed by atoms with E-state index < -0.39 is 16.1 Å². The number of hydrogen-bond acceptors (Lipinski definition) is 0. The Morgan fingerprint density at radius 3 is 1.32 bits per heavy atom. The van der Waals surface area contributed by atoms with Gasteiger partial charge < -0.3 is 0 Å². The van der Waals surface area contributed by atoms with Gasteiger partial charge >= 0.3 is 0 Å². The van der Waals surface area contributed by atoms with Crippen LogP contribution in [0.4, 0.5) is 0 Å². The van der Waals surface area contributed by atoms with Gasteiger partial charge in [0, 0.05) is 22.9 Å². The largest absolute Gasteiger partial charge is 0.0885 e. The van der Waals surface area contributed by atoms with Crippen LogP contribution in [0.25, 0.3) is 0 Å². The minimum absolute atomic E-state index is 0.931. The van der Waals surface area contributed by atoms with E-state index in [9.17, 15) is 0 Å². The first-order chi connectivity index (χ1) is 10.0. The zero-order valence-corrected chi connectivity index (χ0v) is 18.3. The molecular formula is C18H28Cl2Si2. The van der Waals surface area contributed by atoms with Crippen molar-refractivity contribution in [3.8, 4) is 0 Å². The first kappa shape index (κ1) is 18.3. The Balaban J connectivity index is 2.17. The van der Waals surface area contributed by atoms with E-state index in [2.05, 4.69) is 51.4 Å². The molecule has 2 aliphatic carbocycles. The molecule has 0 radical (unpaired) electrons. The van der Waals surface area contributed by atoms with Crippen LogP contribution in [0.15, 0.2) is 43.8 Å². The lowest BCUT2D eigenvalue weighted by molar-refractivity contribution is 0.954. The van der Waals surface area contributed by atoms with E-state index in [1.54, 1.807) is 10.4 Å². The highest BCUT2D eigenvalue weighted by molar-refractivity contribution is 6.84. The summed E-state index contributed by atoms with van der Waals surface area (Å²) >= 11 is 13.0. The monoisotopic (exact) mass is 370 g/mol. The van der Waals surface area contributed by atoms with Gasteiger partial charge in [-0.3, -0.25) is 0 Å². The van der Waals surface area contributed by atoms with Gasteiger partial charge in [-0.05, 0) is 24.0 Å². The Kier molecular flexibility index (Phi) is 5.38. The van der Waals surface area contributed by atoms with Crippen LogP contribution >= 0.6 is 23.2 Å². The van der Waals surface area contributed by atoms with Gasteiger partial charge in [-0.25, -0.2) is 0 Å². The molecule has 0 saturated carbocycles. The Hall–Kier alpha value is -0.0262. The summed E-state index contributed by atoms with van der Waals surface area (Å²) in [5.41, 5.74) is 2.83. The fraction of sp³-hybridized carbons (Fsp3) is 0.556. The summed E-state index contributed by atoms with van der Waals surface area (Å²) < 4.78 is 0. The van der Waals surface area contributed by atoms with Crippen molar-refractivity contribution in [1.29, 1.82) is 0 Å². The summed E-state index contributed by atoms with van der Waals surface area (Å²) in [6, 6.07) is 0. The molecule has 0 bridgehead atoms. The minimum atomic E-state index is -1.31. The summed E-state index contributed by atoms with van der Waals surface area (Å²) in [7, 11) is -2.63. The second-order valence-electron chi connectivity index (χ2n) is 8.41. The second kappa shape index (κ2) is 6.47. The highest BCUT2D eigenvalue weighted by Gasteiger charge is 2.30. The van der Waals surface area contributed by atoms with Gasteiger partial charge in [0.15, 0.2) is 0 Å². The van der Waals surface area contributed by atoms with Gasteiger partial charge in [0.2, 0.25) is 0 Å². The highest BCUT2D eigenvalue weighted by atomic mass is 35.5. The third kappa shape index (κ3) is 3.89. The molecule has 0 saturated heterocycles. The molecule has 0 amide bonds. The number of rotatable bonds is 5. The fourth-order valence-electron chi connectivity index (χ4n) is 3.48. The van der Waals surface area contributed by atoms with Gasteiger partial charge in [0.05, 0.1) is 16.1 Å². The molecule has 2 aliphatic rings. The first-order valence-electron chi connectivity index (χ1n) is 8.19. The molecule has 0 spiro atoms. The van der Waals surface area contributed by atoms with E-state index in [-0.39, 0.29) is 0 Å². The normalized spacial score (nSPS) is 20.0. The summed E-state index contributed by atoms with van der Waals surface area (Å²) in [6.07, 6.45) is 8.68. The van der Waals surface area contributed by atoms with Crippen LogP contribution in [0.5, 0.6) is 0 Å². The number of allylic oxidation sites excluding steroid dienone is 8. The predicted molar refractivity (Wildman–Crippen MR) is 107 cm³/mol. The Bertz CT molecular complexity index is 540. The van der Waals surface area contributed by atoms with Crippen LogP contribution in [-0.2, 0) is 0 Å². The lowest BCUT2D eigenvalue weighted by Crippen LogP contribution is -2.25. The summed E-state index contributed by atoms with van der Waals surface area (Å²) in [4.78, 5) is 0. The lowest BCUT2D eigenvalue weighted by atomic mass is 10.1. The van der Waals surface area contributed by atoms with Crippen molar-refractivity contribution < 1.29 is 0 Å². The predicted octanol–water partition coefficient (Wildman–Crippen LogP) is 7.17. The molecule has 4 heteroatoms. The molecule has 0 aromatic heterocycles. The van der Waals surface area contributed by atoms with Crippen molar-refractivity contribution >= 4 is 39.3 Å². The SMILES string of the molecule is C[Si](C)(C)C1=CCC(Cl)=C1CCC1=C(Cl)CC=C1[Si](C)(C)C. The van der Waals surface area contributed by atoms with E-state index >= 15 is 0 Å². The maximum Gasteiger partial charge on any atom is 0.0776 e. The topological polar surface area (TPSA) is 0 Å². The van der Waals surface area contributed by atoms with Crippen molar-refractivity contribution in [2.45, 2.75) is 65.0 Å². The van der Waals surface area contributed by atoms with E-state index in [0.29, 0.717) is 0 Å². The van der Waals surface area contributed by atoms with Crippen molar-refractivity contribution in [3.63, 3.8) is 0 Å². The van der Waals surface area contributed by atoms with Gasteiger partial charge in [-0.15, -0.1) is 0 Å². The van der Waals surface area contributed by atoms with Crippen LogP contribution in [0.1, 0.15) is 25.7 Å². The van der Waals surface area contributed by atoms with Crippen LogP contribution in [-0.4, -0.2) is 16.1 Å². The van der Waals surface area contributed by atoms with E-state index in [1.807, 2.05) is 0 Å². The van der Waals surface area contributed by atoms with E-state index in [1.165, 1.54) is 11.1 Å². The van der Waals surface area contributed by atoms with E-state index in [0.717, 1.165) is 35.7 Å². The Morgan fingerprint density at radius 1 is 0.727 bits per heavy atom. The van der Waals surface area contributed by atoms with Gasteiger partial charge in [-0.2, -0.15) is 0 Å². The third-order valence-corrected chi connectivity index (χ3v) is 9.53. The second-order valence-corrected chi connectivity index (χ2v) is 19.4. The third-order valence-electron chi connectivity index (χ3n) is 4.52. The minimum Gasteiger partial charge on any atom is -0.0885 e. The molecule has 122 valence electrons. The zero-order valence-electron chi connectivity index (χ0n) is 14.7. The summed E-state index contributed by atoms with van der Waals surface area (Å²) in [5, 5.41) is 5.24. The van der Waals surface area contributed by atoms with Crippen LogP contribution in [0, 0.1) is 0 Å². The van der Waals surface area contributed by atoms with E-state index in [4.69, 9.17) is 23.2 Å². The molecule has 0 aromatic carbocycles. The average Bonchev–Trinajstić information content (AvgIpc) is 2.89. The molecule has 0 aromatic rings. The van der Waals surface area contributed by atoms with Crippen molar-refractivity contribution in [3.05, 3.63) is 43.8 Å². The van der Waals surface area contributed by atoms with Crippen LogP contribution in [0.3, 0.4) is 0 Å². The first-order valence-corrected chi connectivity index (χ1v) is 15.9. The van der Waals surface area contributed by atoms with Crippen LogP contribution < -0.4 is 0 Å². The highest BCUT2D eigenvalue weighted by Crippen LogP contribution is 2.42. The number of hydrogen-bond donors (Lipinski definition) is 0. The van der Waals surface area contributed by atoms with Crippen molar-refractivity contribution in [1.82, 2.24) is 0 Å². The molecular weight excluding hydrogens is 343 g/mol. The molecule has 0 N–H and O–H groups in total. The quantitative estimate of drug-likeness (QED) is 0.449. The molecule has 0 fully saturated rings. The molecule has 0 nitrogen and oxygen atoms in total. The summed E-state index contributed by atoms with van der Waals surface area (Å²) in [5.74, 6) is 0. The molecule has 0 unspecified atom stereocenters. The fourth-order valence-corrected chi connectivity index (χ4v) is 7.97. The maximum atomic E-state index is 6.52. The van der Waals surface area contributed by atoms with Gasteiger partial charge in [0.1, 0.15) is 0 Å².